The number of amides is 2. The summed E-state index contributed by atoms with van der Waals surface area (Å²) in [6, 6.07) is 6.51. The molecule has 7 nitrogen and oxygen atoms in total. The number of aromatic nitrogens is 1. The molecule has 1 aromatic heterocycles. The largest absolute Gasteiger partial charge is 0.378 e. The van der Waals surface area contributed by atoms with E-state index in [9.17, 15) is 14.4 Å². The molecule has 1 aromatic carbocycles. The van der Waals surface area contributed by atoms with E-state index in [0.29, 0.717) is 43.2 Å². The van der Waals surface area contributed by atoms with Crippen molar-refractivity contribution < 1.29 is 14.3 Å². The Morgan fingerprint density at radius 1 is 1.12 bits per heavy atom. The molecular formula is C19H21N3O4. The Morgan fingerprint density at radius 3 is 2.54 bits per heavy atom. The minimum atomic E-state index is -0.514. The van der Waals surface area contributed by atoms with Gasteiger partial charge in [0, 0.05) is 42.3 Å². The number of aromatic amines is 1. The van der Waals surface area contributed by atoms with Crippen LogP contribution in [0, 0.1) is 13.8 Å². The normalized spacial score (nSPS) is 14.2. The van der Waals surface area contributed by atoms with E-state index in [-0.39, 0.29) is 16.9 Å². The third-order valence-corrected chi connectivity index (χ3v) is 4.33. The zero-order valence-corrected chi connectivity index (χ0v) is 14.8. The molecule has 0 radical (unpaired) electrons. The number of hydrogen-bond acceptors (Lipinski definition) is 4. The molecule has 2 N–H and O–H groups in total. The highest BCUT2D eigenvalue weighted by molar-refractivity contribution is 6.05. The summed E-state index contributed by atoms with van der Waals surface area (Å²) in [6.45, 7) is 5.74. The van der Waals surface area contributed by atoms with Gasteiger partial charge in [0.15, 0.2) is 5.43 Å². The molecular weight excluding hydrogens is 334 g/mol. The molecule has 0 saturated carbocycles. The van der Waals surface area contributed by atoms with E-state index in [1.54, 1.807) is 30.0 Å². The number of morpholine rings is 1. The van der Waals surface area contributed by atoms with Crippen LogP contribution in [-0.4, -0.2) is 48.0 Å². The quantitative estimate of drug-likeness (QED) is 0.877. The van der Waals surface area contributed by atoms with Crippen molar-refractivity contribution in [1.29, 1.82) is 0 Å². The van der Waals surface area contributed by atoms with Crippen LogP contribution in [0.2, 0.25) is 0 Å². The standard InChI is InChI=1S/C19H21N3O4/c1-12-3-4-14(10-15(12)19(25)22-5-7-26-8-6-22)21-18(24)16-11-20-13(2)9-17(16)23/h3-4,9-11H,5-8H2,1-2H3,(H,20,23)(H,21,24). The van der Waals surface area contributed by atoms with Crippen LogP contribution in [0.25, 0.3) is 0 Å². The molecule has 0 aliphatic carbocycles. The van der Waals surface area contributed by atoms with Crippen molar-refractivity contribution in [3.8, 4) is 0 Å². The molecule has 2 amide bonds. The van der Waals surface area contributed by atoms with Crippen LogP contribution in [0.15, 0.2) is 35.3 Å². The maximum absolute atomic E-state index is 12.7. The highest BCUT2D eigenvalue weighted by Gasteiger charge is 2.21. The number of anilines is 1. The van der Waals surface area contributed by atoms with E-state index in [0.717, 1.165) is 5.56 Å². The van der Waals surface area contributed by atoms with E-state index in [2.05, 4.69) is 10.3 Å². The summed E-state index contributed by atoms with van der Waals surface area (Å²) < 4.78 is 5.28. The zero-order valence-electron chi connectivity index (χ0n) is 14.8. The topological polar surface area (TPSA) is 91.5 Å². The minimum Gasteiger partial charge on any atom is -0.378 e. The number of nitrogens with one attached hydrogen (secondary N) is 2. The average Bonchev–Trinajstić information content (AvgIpc) is 2.63. The molecule has 1 aliphatic heterocycles. The minimum absolute atomic E-state index is 0.0252. The van der Waals surface area contributed by atoms with Crippen LogP contribution in [-0.2, 0) is 4.74 Å². The van der Waals surface area contributed by atoms with Gasteiger partial charge in [-0.15, -0.1) is 0 Å². The first-order valence-corrected chi connectivity index (χ1v) is 8.44. The van der Waals surface area contributed by atoms with Crippen LogP contribution >= 0.6 is 0 Å². The fourth-order valence-electron chi connectivity index (χ4n) is 2.82. The van der Waals surface area contributed by atoms with E-state index in [1.807, 2.05) is 6.92 Å². The lowest BCUT2D eigenvalue weighted by molar-refractivity contribution is 0.0302. The monoisotopic (exact) mass is 355 g/mol. The van der Waals surface area contributed by atoms with Crippen molar-refractivity contribution in [3.63, 3.8) is 0 Å². The summed E-state index contributed by atoms with van der Waals surface area (Å²) in [5.74, 6) is -0.602. The van der Waals surface area contributed by atoms with Gasteiger partial charge in [0.25, 0.3) is 11.8 Å². The smallest absolute Gasteiger partial charge is 0.261 e. The van der Waals surface area contributed by atoms with Crippen LogP contribution in [0.5, 0.6) is 0 Å². The maximum Gasteiger partial charge on any atom is 0.261 e. The summed E-state index contributed by atoms with van der Waals surface area (Å²) in [5, 5.41) is 2.69. The lowest BCUT2D eigenvalue weighted by Crippen LogP contribution is -2.41. The molecule has 0 bridgehead atoms. The van der Waals surface area contributed by atoms with Gasteiger partial charge >= 0.3 is 0 Å². The summed E-state index contributed by atoms with van der Waals surface area (Å²) in [6.07, 6.45) is 1.39. The molecule has 7 heteroatoms. The van der Waals surface area contributed by atoms with Gasteiger partial charge in [-0.2, -0.15) is 0 Å². The Kier molecular flexibility index (Phi) is 5.18. The van der Waals surface area contributed by atoms with Gasteiger partial charge in [0.05, 0.1) is 13.2 Å². The number of nitrogens with zero attached hydrogens (tertiary/aromatic N) is 1. The summed E-state index contributed by atoms with van der Waals surface area (Å²) >= 11 is 0. The molecule has 1 aliphatic rings. The predicted molar refractivity (Wildman–Crippen MR) is 97.7 cm³/mol. The number of H-pyrrole nitrogens is 1. The number of ether oxygens (including phenoxy) is 1. The fraction of sp³-hybridized carbons (Fsp3) is 0.316. The van der Waals surface area contributed by atoms with Gasteiger partial charge < -0.3 is 19.9 Å². The lowest BCUT2D eigenvalue weighted by Gasteiger charge is -2.27. The third kappa shape index (κ3) is 3.83. The molecule has 1 saturated heterocycles. The second kappa shape index (κ2) is 7.53. The lowest BCUT2D eigenvalue weighted by atomic mass is 10.1. The fourth-order valence-corrected chi connectivity index (χ4v) is 2.82. The zero-order chi connectivity index (χ0) is 18.7. The van der Waals surface area contributed by atoms with Gasteiger partial charge in [-0.05, 0) is 31.5 Å². The molecule has 0 unspecified atom stereocenters. The molecule has 1 fully saturated rings. The van der Waals surface area contributed by atoms with E-state index < -0.39 is 5.91 Å². The Hall–Kier alpha value is -2.93. The van der Waals surface area contributed by atoms with E-state index in [4.69, 9.17) is 4.74 Å². The second-order valence-electron chi connectivity index (χ2n) is 6.28. The summed E-state index contributed by atoms with van der Waals surface area (Å²) in [7, 11) is 0. The number of pyridine rings is 1. The van der Waals surface area contributed by atoms with E-state index >= 15 is 0 Å². The Morgan fingerprint density at radius 2 is 1.85 bits per heavy atom. The molecule has 2 aromatic rings. The SMILES string of the molecule is Cc1cc(=O)c(C(=O)Nc2ccc(C)c(C(=O)N3CCOCC3)c2)c[nH]1. The van der Waals surface area contributed by atoms with Crippen molar-refractivity contribution in [3.05, 3.63) is 63.1 Å². The molecule has 0 spiro atoms. The molecule has 3 rings (SSSR count). The van der Waals surface area contributed by atoms with Crippen LogP contribution in [0.1, 0.15) is 32.0 Å². The number of aryl methyl sites for hydroxylation is 2. The summed E-state index contributed by atoms with van der Waals surface area (Å²) in [5.41, 5.74) is 2.18. The van der Waals surface area contributed by atoms with Gasteiger partial charge in [-0.1, -0.05) is 6.07 Å². The van der Waals surface area contributed by atoms with Crippen molar-refractivity contribution in [2.45, 2.75) is 13.8 Å². The summed E-state index contributed by atoms with van der Waals surface area (Å²) in [4.78, 5) is 41.6. The third-order valence-electron chi connectivity index (χ3n) is 4.33. The van der Waals surface area contributed by atoms with Gasteiger partial charge in [-0.3, -0.25) is 14.4 Å². The predicted octanol–water partition coefficient (Wildman–Crippen LogP) is 1.72. The van der Waals surface area contributed by atoms with Gasteiger partial charge in [0.1, 0.15) is 5.56 Å². The molecule has 136 valence electrons. The van der Waals surface area contributed by atoms with Gasteiger partial charge in [0.2, 0.25) is 0 Å². The highest BCUT2D eigenvalue weighted by atomic mass is 16.5. The Balaban J connectivity index is 1.81. The van der Waals surface area contributed by atoms with Crippen LogP contribution in [0.3, 0.4) is 0 Å². The van der Waals surface area contributed by atoms with Gasteiger partial charge in [-0.25, -0.2) is 0 Å². The number of carbonyl (C=O) groups is 2. The highest BCUT2D eigenvalue weighted by Crippen LogP contribution is 2.18. The van der Waals surface area contributed by atoms with Crippen LogP contribution < -0.4 is 10.7 Å². The Labute approximate surface area is 151 Å². The van der Waals surface area contributed by atoms with Crippen LogP contribution in [0.4, 0.5) is 5.69 Å². The number of benzene rings is 1. The van der Waals surface area contributed by atoms with Crippen molar-refractivity contribution in [2.75, 3.05) is 31.6 Å². The molecule has 2 heterocycles. The van der Waals surface area contributed by atoms with E-state index in [1.165, 1.54) is 12.3 Å². The number of rotatable bonds is 3. The van der Waals surface area contributed by atoms with Crippen molar-refractivity contribution in [1.82, 2.24) is 9.88 Å². The first-order valence-electron chi connectivity index (χ1n) is 8.44. The molecule has 0 atom stereocenters. The maximum atomic E-state index is 12.7. The number of hydrogen-bond donors (Lipinski definition) is 2. The average molecular weight is 355 g/mol. The molecule has 26 heavy (non-hydrogen) atoms. The van der Waals surface area contributed by atoms with Crippen molar-refractivity contribution >= 4 is 17.5 Å². The Bertz CT molecular complexity index is 898. The van der Waals surface area contributed by atoms with Crippen molar-refractivity contribution in [2.24, 2.45) is 0 Å². The second-order valence-corrected chi connectivity index (χ2v) is 6.28. The first kappa shape index (κ1) is 17.9. The first-order chi connectivity index (χ1) is 12.5. The number of carbonyl (C=O) groups excluding carboxylic acids is 2.